The minimum Gasteiger partial charge on any atom is -0.347 e. The predicted octanol–water partition coefficient (Wildman–Crippen LogP) is 2.14. The van der Waals surface area contributed by atoms with Crippen molar-refractivity contribution >= 4 is 17.3 Å². The molecule has 3 nitrogen and oxygen atoms in total. The Balaban J connectivity index is 2.14. The van der Waals surface area contributed by atoms with E-state index in [4.69, 9.17) is 12.2 Å². The molecule has 0 atom stereocenters. The van der Waals surface area contributed by atoms with Crippen LogP contribution in [0.15, 0.2) is 24.3 Å². The van der Waals surface area contributed by atoms with Crippen LogP contribution in [0.3, 0.4) is 0 Å². The molecule has 0 aromatic heterocycles. The van der Waals surface area contributed by atoms with Crippen LogP contribution in [0.5, 0.6) is 0 Å². The van der Waals surface area contributed by atoms with Crippen molar-refractivity contribution in [2.24, 2.45) is 0 Å². The Hall–Kier alpha value is -1.13. The molecule has 0 unspecified atom stereocenters. The van der Waals surface area contributed by atoms with Gasteiger partial charge in [-0.3, -0.25) is 5.01 Å². The average Bonchev–Trinajstić information content (AvgIpc) is 2.64. The van der Waals surface area contributed by atoms with Crippen LogP contribution in [-0.2, 0) is 12.0 Å². The van der Waals surface area contributed by atoms with Crippen molar-refractivity contribution in [1.82, 2.24) is 15.8 Å². The highest BCUT2D eigenvalue weighted by Gasteiger charge is 2.17. The minimum atomic E-state index is 0.188. The SMILES string of the molecule is CC(C)(C)c1cccc(CN2NCNC2=S)c1. The Kier molecular flexibility index (Phi) is 3.35. The fourth-order valence-corrected chi connectivity index (χ4v) is 2.03. The second-order valence-electron chi connectivity index (χ2n) is 5.35. The van der Waals surface area contributed by atoms with Crippen LogP contribution in [0.25, 0.3) is 0 Å². The van der Waals surface area contributed by atoms with Gasteiger partial charge in [-0.05, 0) is 28.8 Å². The van der Waals surface area contributed by atoms with Crippen LogP contribution in [0, 0.1) is 0 Å². The zero-order chi connectivity index (χ0) is 12.5. The molecular weight excluding hydrogens is 230 g/mol. The molecule has 1 aromatic rings. The third-order valence-corrected chi connectivity index (χ3v) is 3.25. The number of hydrogen-bond acceptors (Lipinski definition) is 2. The topological polar surface area (TPSA) is 27.3 Å². The summed E-state index contributed by atoms with van der Waals surface area (Å²) in [5, 5.41) is 5.82. The Morgan fingerprint density at radius 1 is 1.35 bits per heavy atom. The van der Waals surface area contributed by atoms with E-state index in [0.29, 0.717) is 0 Å². The lowest BCUT2D eigenvalue weighted by Gasteiger charge is -2.21. The highest BCUT2D eigenvalue weighted by atomic mass is 32.1. The van der Waals surface area contributed by atoms with Gasteiger partial charge in [-0.1, -0.05) is 45.0 Å². The lowest BCUT2D eigenvalue weighted by molar-refractivity contribution is 0.344. The molecule has 2 N–H and O–H groups in total. The van der Waals surface area contributed by atoms with E-state index in [2.05, 4.69) is 55.8 Å². The first-order valence-corrected chi connectivity index (χ1v) is 6.26. The Morgan fingerprint density at radius 2 is 2.12 bits per heavy atom. The maximum atomic E-state index is 5.20. The van der Waals surface area contributed by atoms with E-state index in [1.807, 2.05) is 5.01 Å². The molecule has 1 fully saturated rings. The number of rotatable bonds is 2. The van der Waals surface area contributed by atoms with Gasteiger partial charge in [0.1, 0.15) is 0 Å². The smallest absolute Gasteiger partial charge is 0.184 e. The van der Waals surface area contributed by atoms with Gasteiger partial charge in [0.2, 0.25) is 0 Å². The molecule has 0 spiro atoms. The quantitative estimate of drug-likeness (QED) is 0.785. The number of thiocarbonyl (C=S) groups is 1. The fraction of sp³-hybridized carbons (Fsp3) is 0.462. The zero-order valence-corrected chi connectivity index (χ0v) is 11.4. The second-order valence-corrected chi connectivity index (χ2v) is 5.74. The van der Waals surface area contributed by atoms with Crippen LogP contribution in [0.4, 0.5) is 0 Å². The lowest BCUT2D eigenvalue weighted by Crippen LogP contribution is -2.33. The number of benzene rings is 1. The Labute approximate surface area is 108 Å². The van der Waals surface area contributed by atoms with Gasteiger partial charge < -0.3 is 5.32 Å². The zero-order valence-electron chi connectivity index (χ0n) is 10.6. The molecule has 1 saturated heterocycles. The summed E-state index contributed by atoms with van der Waals surface area (Å²) in [6.45, 7) is 8.21. The van der Waals surface area contributed by atoms with Gasteiger partial charge in [-0.15, -0.1) is 0 Å². The van der Waals surface area contributed by atoms with Gasteiger partial charge in [0.25, 0.3) is 0 Å². The molecule has 1 aliphatic rings. The van der Waals surface area contributed by atoms with Crippen molar-refractivity contribution in [3.8, 4) is 0 Å². The van der Waals surface area contributed by atoms with E-state index in [-0.39, 0.29) is 5.41 Å². The van der Waals surface area contributed by atoms with Crippen molar-refractivity contribution < 1.29 is 0 Å². The van der Waals surface area contributed by atoms with Crippen LogP contribution in [0.1, 0.15) is 31.9 Å². The molecule has 1 aliphatic heterocycles. The molecule has 0 saturated carbocycles. The van der Waals surface area contributed by atoms with Crippen molar-refractivity contribution in [1.29, 1.82) is 0 Å². The summed E-state index contributed by atoms with van der Waals surface area (Å²) in [6.07, 6.45) is 0. The first-order valence-electron chi connectivity index (χ1n) is 5.85. The third kappa shape index (κ3) is 2.96. The van der Waals surface area contributed by atoms with E-state index in [9.17, 15) is 0 Å². The number of hydrogen-bond donors (Lipinski definition) is 2. The molecule has 0 aliphatic carbocycles. The number of hydrazine groups is 1. The molecule has 2 rings (SSSR count). The molecular formula is C13H19N3S. The van der Waals surface area contributed by atoms with Crippen LogP contribution < -0.4 is 10.7 Å². The molecule has 1 heterocycles. The van der Waals surface area contributed by atoms with Gasteiger partial charge in [0, 0.05) is 0 Å². The fourth-order valence-electron chi connectivity index (χ4n) is 1.82. The van der Waals surface area contributed by atoms with E-state index in [1.165, 1.54) is 11.1 Å². The molecule has 17 heavy (non-hydrogen) atoms. The first kappa shape index (κ1) is 12.3. The maximum absolute atomic E-state index is 5.20. The summed E-state index contributed by atoms with van der Waals surface area (Å²) in [5.41, 5.74) is 6.01. The monoisotopic (exact) mass is 249 g/mol. The minimum absolute atomic E-state index is 0.188. The van der Waals surface area contributed by atoms with Crippen molar-refractivity contribution in [3.63, 3.8) is 0 Å². The molecule has 92 valence electrons. The summed E-state index contributed by atoms with van der Waals surface area (Å²) >= 11 is 5.20. The molecule has 0 radical (unpaired) electrons. The van der Waals surface area contributed by atoms with Gasteiger partial charge >= 0.3 is 0 Å². The Bertz CT molecular complexity index is 423. The standard InChI is InChI=1S/C13H19N3S/c1-13(2,3)11-6-4-5-10(7-11)8-16-12(17)14-9-15-16/h4-7,15H,8-9H2,1-3H3,(H,14,17). The van der Waals surface area contributed by atoms with E-state index in [1.54, 1.807) is 0 Å². The third-order valence-electron chi connectivity index (χ3n) is 2.89. The van der Waals surface area contributed by atoms with Crippen LogP contribution in [0.2, 0.25) is 0 Å². The molecule has 0 bridgehead atoms. The lowest BCUT2D eigenvalue weighted by atomic mass is 9.86. The van der Waals surface area contributed by atoms with Crippen LogP contribution in [-0.4, -0.2) is 16.8 Å². The maximum Gasteiger partial charge on any atom is 0.184 e. The van der Waals surface area contributed by atoms with Gasteiger partial charge in [-0.25, -0.2) is 5.43 Å². The summed E-state index contributed by atoms with van der Waals surface area (Å²) in [7, 11) is 0. The van der Waals surface area contributed by atoms with Gasteiger partial charge in [0.05, 0.1) is 13.2 Å². The normalized spacial score (nSPS) is 16.2. The largest absolute Gasteiger partial charge is 0.347 e. The molecule has 1 aromatic carbocycles. The van der Waals surface area contributed by atoms with Crippen molar-refractivity contribution in [2.45, 2.75) is 32.7 Å². The average molecular weight is 249 g/mol. The summed E-state index contributed by atoms with van der Waals surface area (Å²) in [6, 6.07) is 8.68. The second kappa shape index (κ2) is 4.63. The number of nitrogens with one attached hydrogen (secondary N) is 2. The van der Waals surface area contributed by atoms with Crippen molar-refractivity contribution in [2.75, 3.05) is 6.67 Å². The van der Waals surface area contributed by atoms with E-state index < -0.39 is 0 Å². The summed E-state index contributed by atoms with van der Waals surface area (Å²) in [4.78, 5) is 0. The predicted molar refractivity (Wildman–Crippen MR) is 74.4 cm³/mol. The molecule has 0 amide bonds. The van der Waals surface area contributed by atoms with E-state index >= 15 is 0 Å². The first-order chi connectivity index (χ1) is 7.97. The van der Waals surface area contributed by atoms with Gasteiger partial charge in [0.15, 0.2) is 5.11 Å². The number of nitrogens with zero attached hydrogens (tertiary/aromatic N) is 1. The van der Waals surface area contributed by atoms with Crippen LogP contribution >= 0.6 is 12.2 Å². The van der Waals surface area contributed by atoms with Crippen molar-refractivity contribution in [3.05, 3.63) is 35.4 Å². The molecule has 4 heteroatoms. The van der Waals surface area contributed by atoms with Gasteiger partial charge in [-0.2, -0.15) is 0 Å². The highest BCUT2D eigenvalue weighted by molar-refractivity contribution is 7.80. The highest BCUT2D eigenvalue weighted by Crippen LogP contribution is 2.23. The summed E-state index contributed by atoms with van der Waals surface area (Å²) < 4.78 is 0. The Morgan fingerprint density at radius 3 is 2.71 bits per heavy atom. The summed E-state index contributed by atoms with van der Waals surface area (Å²) in [5.74, 6) is 0. The van der Waals surface area contributed by atoms with E-state index in [0.717, 1.165) is 18.3 Å².